The Morgan fingerprint density at radius 3 is 2.83 bits per heavy atom. The fraction of sp³-hybridized carbons (Fsp3) is 0.286. The van der Waals surface area contributed by atoms with Crippen LogP contribution < -0.4 is 5.32 Å². The Balaban J connectivity index is 2.05. The van der Waals surface area contributed by atoms with Gasteiger partial charge in [-0.3, -0.25) is 0 Å². The molecule has 18 heavy (non-hydrogen) atoms. The molecule has 0 radical (unpaired) electrons. The van der Waals surface area contributed by atoms with Gasteiger partial charge < -0.3 is 5.32 Å². The van der Waals surface area contributed by atoms with Gasteiger partial charge in [-0.2, -0.15) is 5.26 Å². The minimum atomic E-state index is 0.0541. The first kappa shape index (κ1) is 12.6. The van der Waals surface area contributed by atoms with E-state index in [0.717, 1.165) is 12.4 Å². The molecule has 2 heterocycles. The maximum atomic E-state index is 8.80. The maximum absolute atomic E-state index is 8.80. The highest BCUT2D eigenvalue weighted by Crippen LogP contribution is 2.27. The molecule has 4 heteroatoms. The van der Waals surface area contributed by atoms with Crippen LogP contribution in [0.4, 0.5) is 5.82 Å². The van der Waals surface area contributed by atoms with Crippen molar-refractivity contribution in [1.29, 1.82) is 5.26 Å². The molecule has 0 fully saturated rings. The number of aromatic nitrogens is 1. The topological polar surface area (TPSA) is 48.7 Å². The van der Waals surface area contributed by atoms with E-state index in [4.69, 9.17) is 5.26 Å². The monoisotopic (exact) mass is 257 g/mol. The molecule has 92 valence electrons. The summed E-state index contributed by atoms with van der Waals surface area (Å²) in [7, 11) is 0. The molecule has 0 saturated heterocycles. The van der Waals surface area contributed by atoms with Crippen molar-refractivity contribution in [2.75, 3.05) is 11.9 Å². The molecule has 0 aliphatic heterocycles. The highest BCUT2D eigenvalue weighted by atomic mass is 32.1. The zero-order chi connectivity index (χ0) is 13.0. The average Bonchev–Trinajstić information content (AvgIpc) is 2.91. The van der Waals surface area contributed by atoms with Crippen LogP contribution in [0.25, 0.3) is 0 Å². The summed E-state index contributed by atoms with van der Waals surface area (Å²) in [5.74, 6) is 0.749. The van der Waals surface area contributed by atoms with Crippen LogP contribution >= 0.6 is 11.3 Å². The number of nitriles is 1. The fourth-order valence-electron chi connectivity index (χ4n) is 1.66. The number of hydrogen-bond donors (Lipinski definition) is 1. The van der Waals surface area contributed by atoms with E-state index in [1.54, 1.807) is 17.4 Å². The predicted octanol–water partition coefficient (Wildman–Crippen LogP) is 3.40. The van der Waals surface area contributed by atoms with Gasteiger partial charge in [0.25, 0.3) is 0 Å². The number of nitrogens with one attached hydrogen (secondary N) is 1. The first-order valence-corrected chi connectivity index (χ1v) is 6.65. The molecule has 2 aromatic rings. The Hall–Kier alpha value is -1.86. The molecule has 1 N–H and O–H groups in total. The zero-order valence-corrected chi connectivity index (χ0v) is 11.3. The van der Waals surface area contributed by atoms with Gasteiger partial charge in [0.05, 0.1) is 0 Å². The lowest BCUT2D eigenvalue weighted by Crippen LogP contribution is -2.26. The van der Waals surface area contributed by atoms with Gasteiger partial charge in [-0.25, -0.2) is 4.98 Å². The van der Waals surface area contributed by atoms with Crippen LogP contribution in [-0.2, 0) is 5.41 Å². The van der Waals surface area contributed by atoms with Crippen molar-refractivity contribution < 1.29 is 0 Å². The zero-order valence-electron chi connectivity index (χ0n) is 10.5. The molecule has 0 bridgehead atoms. The van der Waals surface area contributed by atoms with Crippen LogP contribution in [0.2, 0.25) is 0 Å². The van der Waals surface area contributed by atoms with E-state index in [1.165, 1.54) is 4.88 Å². The summed E-state index contributed by atoms with van der Waals surface area (Å²) < 4.78 is 0. The van der Waals surface area contributed by atoms with Crippen molar-refractivity contribution in [1.82, 2.24) is 4.98 Å². The van der Waals surface area contributed by atoms with Crippen molar-refractivity contribution in [3.05, 3.63) is 46.3 Å². The second-order valence-electron chi connectivity index (χ2n) is 4.73. The summed E-state index contributed by atoms with van der Waals surface area (Å²) in [6.45, 7) is 5.18. The van der Waals surface area contributed by atoms with E-state index in [-0.39, 0.29) is 5.41 Å². The summed E-state index contributed by atoms with van der Waals surface area (Å²) in [6, 6.07) is 11.7. The number of pyridine rings is 1. The van der Waals surface area contributed by atoms with Crippen molar-refractivity contribution in [2.45, 2.75) is 19.3 Å². The molecule has 0 aromatic carbocycles. The Labute approximate surface area is 111 Å². The Bertz CT molecular complexity index is 553. The first-order valence-electron chi connectivity index (χ1n) is 5.77. The molecule has 0 aliphatic carbocycles. The summed E-state index contributed by atoms with van der Waals surface area (Å²) in [4.78, 5) is 5.55. The van der Waals surface area contributed by atoms with Gasteiger partial charge in [0.1, 0.15) is 17.6 Å². The van der Waals surface area contributed by atoms with Gasteiger partial charge in [-0.15, -0.1) is 11.3 Å². The molecule has 0 saturated carbocycles. The fourth-order valence-corrected chi connectivity index (χ4v) is 2.51. The molecule has 0 unspecified atom stereocenters. The third-order valence-corrected chi connectivity index (χ3v) is 4.00. The van der Waals surface area contributed by atoms with Crippen LogP contribution in [0, 0.1) is 11.3 Å². The smallest absolute Gasteiger partial charge is 0.142 e. The predicted molar refractivity (Wildman–Crippen MR) is 74.8 cm³/mol. The van der Waals surface area contributed by atoms with Gasteiger partial charge in [0.2, 0.25) is 0 Å². The standard InChI is InChI=1S/C14H15N3S/c1-14(2,12-6-4-8-18-12)10-16-13-7-3-5-11(9-15)17-13/h3-8H,10H2,1-2H3,(H,16,17). The summed E-state index contributed by atoms with van der Waals surface area (Å²) in [6.07, 6.45) is 0. The van der Waals surface area contributed by atoms with E-state index in [2.05, 4.69) is 41.7 Å². The third-order valence-electron chi connectivity index (χ3n) is 2.76. The second-order valence-corrected chi connectivity index (χ2v) is 5.68. The van der Waals surface area contributed by atoms with Crippen LogP contribution in [0.3, 0.4) is 0 Å². The van der Waals surface area contributed by atoms with E-state index in [1.807, 2.05) is 18.2 Å². The van der Waals surface area contributed by atoms with E-state index in [0.29, 0.717) is 5.69 Å². The number of thiophene rings is 1. The molecular weight excluding hydrogens is 242 g/mol. The van der Waals surface area contributed by atoms with Crippen molar-refractivity contribution >= 4 is 17.2 Å². The van der Waals surface area contributed by atoms with E-state index in [9.17, 15) is 0 Å². The van der Waals surface area contributed by atoms with Gasteiger partial charge in [0, 0.05) is 16.8 Å². The molecule has 2 aromatic heterocycles. The third kappa shape index (κ3) is 2.88. The van der Waals surface area contributed by atoms with E-state index < -0.39 is 0 Å². The molecule has 2 rings (SSSR count). The second kappa shape index (κ2) is 5.19. The Kier molecular flexibility index (Phi) is 3.63. The number of hydrogen-bond acceptors (Lipinski definition) is 4. The van der Waals surface area contributed by atoms with Crippen molar-refractivity contribution in [3.63, 3.8) is 0 Å². The largest absolute Gasteiger partial charge is 0.369 e. The summed E-state index contributed by atoms with van der Waals surface area (Å²) in [5.41, 5.74) is 0.493. The van der Waals surface area contributed by atoms with Crippen LogP contribution in [0.5, 0.6) is 0 Å². The lowest BCUT2D eigenvalue weighted by molar-refractivity contribution is 0.568. The van der Waals surface area contributed by atoms with Crippen LogP contribution in [-0.4, -0.2) is 11.5 Å². The number of nitrogens with zero attached hydrogens (tertiary/aromatic N) is 2. The van der Waals surface area contributed by atoms with Gasteiger partial charge >= 0.3 is 0 Å². The molecule has 0 aliphatic rings. The van der Waals surface area contributed by atoms with Crippen molar-refractivity contribution in [3.8, 4) is 6.07 Å². The molecular formula is C14H15N3S. The SMILES string of the molecule is CC(C)(CNc1cccc(C#N)n1)c1cccs1. The molecule has 0 atom stereocenters. The molecule has 0 spiro atoms. The lowest BCUT2D eigenvalue weighted by atomic mass is 9.91. The molecule has 3 nitrogen and oxygen atoms in total. The first-order chi connectivity index (χ1) is 8.62. The average molecular weight is 257 g/mol. The minimum Gasteiger partial charge on any atom is -0.369 e. The normalized spacial score (nSPS) is 10.9. The maximum Gasteiger partial charge on any atom is 0.142 e. The Morgan fingerprint density at radius 1 is 1.33 bits per heavy atom. The minimum absolute atomic E-state index is 0.0541. The van der Waals surface area contributed by atoms with Gasteiger partial charge in [-0.05, 0) is 23.6 Å². The highest BCUT2D eigenvalue weighted by molar-refractivity contribution is 7.10. The lowest BCUT2D eigenvalue weighted by Gasteiger charge is -2.23. The van der Waals surface area contributed by atoms with Gasteiger partial charge in [0.15, 0.2) is 0 Å². The Morgan fingerprint density at radius 2 is 2.17 bits per heavy atom. The van der Waals surface area contributed by atoms with Crippen LogP contribution in [0.1, 0.15) is 24.4 Å². The number of anilines is 1. The highest BCUT2D eigenvalue weighted by Gasteiger charge is 2.21. The van der Waals surface area contributed by atoms with E-state index >= 15 is 0 Å². The summed E-state index contributed by atoms with van der Waals surface area (Å²) in [5, 5.41) is 14.2. The molecule has 0 amide bonds. The number of rotatable bonds is 4. The summed E-state index contributed by atoms with van der Waals surface area (Å²) >= 11 is 1.76. The van der Waals surface area contributed by atoms with Gasteiger partial charge in [-0.1, -0.05) is 26.0 Å². The van der Waals surface area contributed by atoms with Crippen LogP contribution in [0.15, 0.2) is 35.7 Å². The van der Waals surface area contributed by atoms with Crippen molar-refractivity contribution in [2.24, 2.45) is 0 Å². The quantitative estimate of drug-likeness (QED) is 0.913.